The number of rotatable bonds is 9. The van der Waals surface area contributed by atoms with Crippen LogP contribution in [0.4, 0.5) is 13.2 Å². The quantitative estimate of drug-likeness (QED) is 0.504. The van der Waals surface area contributed by atoms with Gasteiger partial charge in [-0.1, -0.05) is 32.1 Å². The van der Waals surface area contributed by atoms with Crippen molar-refractivity contribution in [2.45, 2.75) is 57.5 Å². The predicted octanol–water partition coefficient (Wildman–Crippen LogP) is 3.39. The van der Waals surface area contributed by atoms with Crippen LogP contribution < -0.4 is 5.32 Å². The predicted molar refractivity (Wildman–Crippen MR) is 74.4 cm³/mol. The summed E-state index contributed by atoms with van der Waals surface area (Å²) in [6.07, 6.45) is -0.648. The highest BCUT2D eigenvalue weighted by atomic mass is 32.2. The van der Waals surface area contributed by atoms with Crippen molar-refractivity contribution < 1.29 is 26.1 Å². The Morgan fingerprint density at radius 3 is 1.60 bits per heavy atom. The van der Waals surface area contributed by atoms with Gasteiger partial charge in [0.15, 0.2) is 0 Å². The Morgan fingerprint density at radius 2 is 1.25 bits per heavy atom. The van der Waals surface area contributed by atoms with Crippen molar-refractivity contribution in [2.24, 2.45) is 0 Å². The Hall–Kier alpha value is -0.340. The van der Waals surface area contributed by atoms with Gasteiger partial charge in [-0.3, -0.25) is 4.55 Å². The lowest BCUT2D eigenvalue weighted by Gasteiger charge is -2.05. The second-order valence-corrected chi connectivity index (χ2v) is 6.20. The van der Waals surface area contributed by atoms with Crippen LogP contribution in [0, 0.1) is 0 Å². The van der Waals surface area contributed by atoms with E-state index in [1.165, 1.54) is 0 Å². The molecular formula is C12H26F3NO3S. The molecule has 0 aromatic carbocycles. The highest BCUT2D eigenvalue weighted by molar-refractivity contribution is 7.85. The van der Waals surface area contributed by atoms with E-state index in [0.29, 0.717) is 19.3 Å². The fourth-order valence-electron chi connectivity index (χ4n) is 1.49. The second kappa shape index (κ2) is 12.4. The summed E-state index contributed by atoms with van der Waals surface area (Å²) in [6, 6.07) is 0. The lowest BCUT2D eigenvalue weighted by molar-refractivity contribution is -0.135. The van der Waals surface area contributed by atoms with E-state index in [9.17, 15) is 21.6 Å². The molecule has 0 fully saturated rings. The zero-order valence-electron chi connectivity index (χ0n) is 12.2. The van der Waals surface area contributed by atoms with Crippen LogP contribution in [0.25, 0.3) is 0 Å². The van der Waals surface area contributed by atoms with Gasteiger partial charge < -0.3 is 5.32 Å². The highest BCUT2D eigenvalue weighted by Gasteiger charge is 2.25. The van der Waals surface area contributed by atoms with E-state index in [2.05, 4.69) is 5.32 Å². The number of unbranched alkanes of at least 4 members (excludes halogenated alkanes) is 6. The van der Waals surface area contributed by atoms with E-state index in [4.69, 9.17) is 4.55 Å². The maximum absolute atomic E-state index is 11.8. The zero-order chi connectivity index (χ0) is 16.1. The summed E-state index contributed by atoms with van der Waals surface area (Å²) in [5.74, 6) is -0.235. The first kappa shape index (κ1) is 21.9. The first-order valence-corrected chi connectivity index (χ1v) is 8.33. The van der Waals surface area contributed by atoms with E-state index < -0.39 is 22.7 Å². The van der Waals surface area contributed by atoms with Crippen molar-refractivity contribution in [1.82, 2.24) is 5.32 Å². The molecule has 0 aliphatic rings. The molecule has 0 aromatic heterocycles. The van der Waals surface area contributed by atoms with Crippen LogP contribution in [0.2, 0.25) is 0 Å². The number of hydrogen-bond donors (Lipinski definition) is 2. The Balaban J connectivity index is 0. The molecule has 0 aliphatic heterocycles. The third kappa shape index (κ3) is 26.3. The molecule has 0 atom stereocenters. The van der Waals surface area contributed by atoms with Crippen LogP contribution in [-0.2, 0) is 10.1 Å². The monoisotopic (exact) mass is 321 g/mol. The molecule has 8 heteroatoms. The average molecular weight is 321 g/mol. The molecule has 0 unspecified atom stereocenters. The fourth-order valence-corrected chi connectivity index (χ4v) is 2.06. The maximum Gasteiger partial charge on any atom is 0.389 e. The van der Waals surface area contributed by atoms with Gasteiger partial charge in [-0.15, -0.1) is 0 Å². The molecule has 0 amide bonds. The molecule has 0 rings (SSSR count). The third-order valence-electron chi connectivity index (χ3n) is 2.36. The number of hydrogen-bond acceptors (Lipinski definition) is 3. The molecule has 0 radical (unpaired) electrons. The van der Waals surface area contributed by atoms with Crippen molar-refractivity contribution in [2.75, 3.05) is 19.8 Å². The maximum atomic E-state index is 11.8. The van der Waals surface area contributed by atoms with Crippen molar-refractivity contribution in [3.63, 3.8) is 0 Å². The first-order valence-electron chi connectivity index (χ1n) is 6.73. The van der Waals surface area contributed by atoms with Gasteiger partial charge in [0.2, 0.25) is 0 Å². The summed E-state index contributed by atoms with van der Waals surface area (Å²) in [6.45, 7) is 0. The largest absolute Gasteiger partial charge is 0.389 e. The summed E-state index contributed by atoms with van der Waals surface area (Å²) in [5, 5.41) is 2.75. The molecule has 0 saturated heterocycles. The molecule has 0 aromatic rings. The van der Waals surface area contributed by atoms with Gasteiger partial charge in [-0.25, -0.2) is 0 Å². The Morgan fingerprint density at radius 1 is 0.900 bits per heavy atom. The summed E-state index contributed by atoms with van der Waals surface area (Å²) < 4.78 is 64.4. The smallest absolute Gasteiger partial charge is 0.323 e. The SMILES string of the molecule is CNC.O=S(=O)(O)CCCCCCCCCC(F)(F)F. The number of halogens is 3. The number of alkyl halides is 3. The van der Waals surface area contributed by atoms with Gasteiger partial charge in [0.05, 0.1) is 5.75 Å². The van der Waals surface area contributed by atoms with Crippen molar-refractivity contribution in [3.8, 4) is 0 Å². The van der Waals surface area contributed by atoms with Crippen LogP contribution in [0.15, 0.2) is 0 Å². The van der Waals surface area contributed by atoms with Crippen molar-refractivity contribution in [1.29, 1.82) is 0 Å². The average Bonchev–Trinajstić information content (AvgIpc) is 2.25. The lowest BCUT2D eigenvalue weighted by atomic mass is 10.1. The standard InChI is InChI=1S/C10H19F3O3S.C2H7N/c11-10(12,13)8-6-4-2-1-3-5-7-9-17(14,15)16;1-3-2/h1-9H2,(H,14,15,16);3H,1-2H3. The van der Waals surface area contributed by atoms with Gasteiger partial charge in [0.1, 0.15) is 0 Å². The summed E-state index contributed by atoms with van der Waals surface area (Å²) in [7, 11) is -0.117. The van der Waals surface area contributed by atoms with Crippen LogP contribution in [0.5, 0.6) is 0 Å². The second-order valence-electron chi connectivity index (χ2n) is 4.63. The fraction of sp³-hybridized carbons (Fsp3) is 1.00. The van der Waals surface area contributed by atoms with Crippen LogP contribution in [-0.4, -0.2) is 39.0 Å². The highest BCUT2D eigenvalue weighted by Crippen LogP contribution is 2.23. The topological polar surface area (TPSA) is 66.4 Å². The van der Waals surface area contributed by atoms with Gasteiger partial charge >= 0.3 is 6.18 Å². The molecule has 20 heavy (non-hydrogen) atoms. The van der Waals surface area contributed by atoms with E-state index in [1.807, 2.05) is 14.1 Å². The Kier molecular flexibility index (Phi) is 13.6. The normalized spacial score (nSPS) is 11.9. The van der Waals surface area contributed by atoms with Crippen molar-refractivity contribution in [3.05, 3.63) is 0 Å². The van der Waals surface area contributed by atoms with E-state index >= 15 is 0 Å². The molecule has 0 spiro atoms. The van der Waals surface area contributed by atoms with Crippen molar-refractivity contribution >= 4 is 10.1 Å². The minimum absolute atomic E-state index is 0.161. The minimum atomic E-state index is -4.06. The van der Waals surface area contributed by atoms with Crippen LogP contribution in [0.3, 0.4) is 0 Å². The molecule has 124 valence electrons. The zero-order valence-corrected chi connectivity index (χ0v) is 13.0. The molecule has 2 N–H and O–H groups in total. The molecule has 0 aliphatic carbocycles. The van der Waals surface area contributed by atoms with Gasteiger partial charge in [0.25, 0.3) is 10.1 Å². The van der Waals surface area contributed by atoms with E-state index in [0.717, 1.165) is 19.3 Å². The van der Waals surface area contributed by atoms with Crippen LogP contribution in [0.1, 0.15) is 51.4 Å². The third-order valence-corrected chi connectivity index (χ3v) is 3.17. The van der Waals surface area contributed by atoms with E-state index in [-0.39, 0.29) is 12.2 Å². The summed E-state index contributed by atoms with van der Waals surface area (Å²) in [4.78, 5) is 0. The molecule has 0 saturated carbocycles. The van der Waals surface area contributed by atoms with Gasteiger partial charge in [-0.05, 0) is 26.9 Å². The summed E-state index contributed by atoms with van der Waals surface area (Å²) >= 11 is 0. The van der Waals surface area contributed by atoms with E-state index in [1.54, 1.807) is 0 Å². The summed E-state index contributed by atoms with van der Waals surface area (Å²) in [5.41, 5.74) is 0. The molecule has 0 bridgehead atoms. The Labute approximate surface area is 119 Å². The van der Waals surface area contributed by atoms with Crippen LogP contribution >= 0.6 is 0 Å². The molecular weight excluding hydrogens is 295 g/mol. The minimum Gasteiger partial charge on any atom is -0.323 e. The first-order chi connectivity index (χ1) is 9.12. The Bertz CT molecular complexity index is 306. The lowest BCUT2D eigenvalue weighted by Crippen LogP contribution is -2.06. The number of nitrogens with one attached hydrogen (secondary N) is 1. The molecule has 0 heterocycles. The molecule has 4 nitrogen and oxygen atoms in total. The van der Waals surface area contributed by atoms with Gasteiger partial charge in [0, 0.05) is 6.42 Å². The van der Waals surface area contributed by atoms with Gasteiger partial charge in [-0.2, -0.15) is 21.6 Å².